The zero-order chi connectivity index (χ0) is 25.1. The Labute approximate surface area is 208 Å². The van der Waals surface area contributed by atoms with Crippen molar-refractivity contribution in [2.75, 3.05) is 48.8 Å². The first kappa shape index (κ1) is 23.2. The van der Waals surface area contributed by atoms with E-state index in [9.17, 15) is 4.79 Å². The number of ether oxygens (including phenoxy) is 1. The number of pyridine rings is 1. The molecule has 0 atom stereocenters. The minimum Gasteiger partial charge on any atom is -0.494 e. The van der Waals surface area contributed by atoms with E-state index in [0.717, 1.165) is 48.5 Å². The molecule has 0 bridgehead atoms. The van der Waals surface area contributed by atoms with Crippen molar-refractivity contribution in [1.29, 1.82) is 0 Å². The summed E-state index contributed by atoms with van der Waals surface area (Å²) in [4.78, 5) is 28.0. The average molecular weight is 486 g/mol. The summed E-state index contributed by atoms with van der Waals surface area (Å²) in [6.07, 6.45) is 6.47. The number of aromatic nitrogens is 5. The maximum Gasteiger partial charge on any atom is 0.247 e. The van der Waals surface area contributed by atoms with Crippen LogP contribution in [0.25, 0.3) is 22.3 Å². The van der Waals surface area contributed by atoms with Crippen molar-refractivity contribution in [3.63, 3.8) is 0 Å². The zero-order valence-corrected chi connectivity index (χ0v) is 20.2. The van der Waals surface area contributed by atoms with E-state index < -0.39 is 0 Å². The molecule has 1 aliphatic heterocycles. The minimum atomic E-state index is -0.293. The molecule has 36 heavy (non-hydrogen) atoms. The Balaban J connectivity index is 1.49. The van der Waals surface area contributed by atoms with E-state index in [0.29, 0.717) is 28.8 Å². The normalized spacial score (nSPS) is 13.4. The van der Waals surface area contributed by atoms with Crippen LogP contribution in [0.5, 0.6) is 5.75 Å². The highest BCUT2D eigenvalue weighted by atomic mass is 16.5. The summed E-state index contributed by atoms with van der Waals surface area (Å²) < 4.78 is 7.42. The molecular formula is C25H27N9O2. The fourth-order valence-electron chi connectivity index (χ4n) is 4.17. The van der Waals surface area contributed by atoms with Gasteiger partial charge in [-0.05, 0) is 24.3 Å². The van der Waals surface area contributed by atoms with Crippen LogP contribution in [-0.4, -0.2) is 63.9 Å². The van der Waals surface area contributed by atoms with E-state index in [1.54, 1.807) is 30.4 Å². The van der Waals surface area contributed by atoms with Gasteiger partial charge in [0.2, 0.25) is 11.9 Å². The lowest BCUT2D eigenvalue weighted by molar-refractivity contribution is -0.111. The lowest BCUT2D eigenvalue weighted by Gasteiger charge is -2.31. The monoisotopic (exact) mass is 485 g/mol. The van der Waals surface area contributed by atoms with Crippen LogP contribution in [0.1, 0.15) is 0 Å². The van der Waals surface area contributed by atoms with Gasteiger partial charge in [-0.2, -0.15) is 5.10 Å². The van der Waals surface area contributed by atoms with Gasteiger partial charge in [-0.3, -0.25) is 9.48 Å². The number of fused-ring (bicyclic) bond motifs is 1. The molecule has 4 heterocycles. The standard InChI is InChI=1S/C25H27N9O2/c1-4-23(35)30-19-12-20(22(36-3)13-21(19)34-9-7-26-8-10-34)32-25-27-6-5-18(31-25)16-11-17-15-29-33(2)24(17)28-14-16/h4-6,11-15,26H,1,7-10H2,2-3H3,(H,30,35)(H,27,31,32). The van der Waals surface area contributed by atoms with Crippen molar-refractivity contribution >= 4 is 40.0 Å². The number of carbonyl (C=O) groups excluding carboxylic acids is 1. The van der Waals surface area contributed by atoms with Crippen molar-refractivity contribution < 1.29 is 9.53 Å². The zero-order valence-electron chi connectivity index (χ0n) is 20.2. The quantitative estimate of drug-likeness (QED) is 0.339. The predicted octanol–water partition coefficient (Wildman–Crippen LogP) is 2.71. The third kappa shape index (κ3) is 4.68. The molecule has 184 valence electrons. The predicted molar refractivity (Wildman–Crippen MR) is 140 cm³/mol. The van der Waals surface area contributed by atoms with Gasteiger partial charge in [-0.1, -0.05) is 6.58 Å². The topological polar surface area (TPSA) is 122 Å². The van der Waals surface area contributed by atoms with Gasteiger partial charge in [-0.25, -0.2) is 15.0 Å². The van der Waals surface area contributed by atoms with Gasteiger partial charge in [0.1, 0.15) is 5.75 Å². The van der Waals surface area contributed by atoms with E-state index in [1.807, 2.05) is 31.3 Å². The Morgan fingerprint density at radius 1 is 1.17 bits per heavy atom. The first-order valence-corrected chi connectivity index (χ1v) is 11.5. The van der Waals surface area contributed by atoms with Gasteiger partial charge in [0.05, 0.1) is 36.1 Å². The highest BCUT2D eigenvalue weighted by molar-refractivity contribution is 6.02. The Morgan fingerprint density at radius 2 is 2.00 bits per heavy atom. The molecular weight excluding hydrogens is 458 g/mol. The average Bonchev–Trinajstić information content (AvgIpc) is 3.29. The lowest BCUT2D eigenvalue weighted by atomic mass is 10.1. The number of amides is 1. The number of nitrogens with zero attached hydrogens (tertiary/aromatic N) is 6. The lowest BCUT2D eigenvalue weighted by Crippen LogP contribution is -2.43. The van der Waals surface area contributed by atoms with Gasteiger partial charge in [0.15, 0.2) is 5.65 Å². The smallest absolute Gasteiger partial charge is 0.247 e. The van der Waals surface area contributed by atoms with Crippen LogP contribution < -0.4 is 25.6 Å². The number of nitrogens with one attached hydrogen (secondary N) is 3. The number of piperazine rings is 1. The molecule has 0 radical (unpaired) electrons. The second-order valence-corrected chi connectivity index (χ2v) is 8.30. The fraction of sp³-hybridized carbons (Fsp3) is 0.240. The number of rotatable bonds is 7. The van der Waals surface area contributed by atoms with E-state index >= 15 is 0 Å². The number of aryl methyl sites for hydroxylation is 1. The van der Waals surface area contributed by atoms with Crippen molar-refractivity contribution in [2.45, 2.75) is 0 Å². The van der Waals surface area contributed by atoms with Crippen LogP contribution in [0.2, 0.25) is 0 Å². The first-order chi connectivity index (χ1) is 17.6. The molecule has 1 fully saturated rings. The number of benzene rings is 1. The summed E-state index contributed by atoms with van der Waals surface area (Å²) in [5.74, 6) is 0.694. The highest BCUT2D eigenvalue weighted by Gasteiger charge is 2.19. The molecule has 0 unspecified atom stereocenters. The summed E-state index contributed by atoms with van der Waals surface area (Å²) in [6, 6.07) is 7.56. The largest absolute Gasteiger partial charge is 0.494 e. The van der Waals surface area contributed by atoms with Crippen LogP contribution >= 0.6 is 0 Å². The number of hydrogen-bond donors (Lipinski definition) is 3. The molecule has 11 heteroatoms. The molecule has 1 amide bonds. The van der Waals surface area contributed by atoms with Gasteiger partial charge >= 0.3 is 0 Å². The van der Waals surface area contributed by atoms with Crippen molar-refractivity contribution in [3.8, 4) is 17.0 Å². The van der Waals surface area contributed by atoms with Gasteiger partial charge in [-0.15, -0.1) is 0 Å². The first-order valence-electron chi connectivity index (χ1n) is 11.5. The summed E-state index contributed by atoms with van der Waals surface area (Å²) in [5.41, 5.74) is 4.50. The van der Waals surface area contributed by atoms with Crippen LogP contribution in [0.15, 0.2) is 55.5 Å². The summed E-state index contributed by atoms with van der Waals surface area (Å²) in [7, 11) is 3.46. The number of hydrogen-bond acceptors (Lipinski definition) is 9. The number of carbonyl (C=O) groups is 1. The molecule has 1 aromatic carbocycles. The van der Waals surface area contributed by atoms with Gasteiger partial charge in [0, 0.05) is 62.6 Å². The van der Waals surface area contributed by atoms with E-state index in [2.05, 4.69) is 47.5 Å². The second kappa shape index (κ2) is 10.0. The molecule has 0 aliphatic carbocycles. The van der Waals surface area contributed by atoms with E-state index in [1.165, 1.54) is 6.08 Å². The Hall–Kier alpha value is -4.51. The molecule has 0 spiro atoms. The Morgan fingerprint density at radius 3 is 2.78 bits per heavy atom. The summed E-state index contributed by atoms with van der Waals surface area (Å²) in [5, 5.41) is 14.7. The Bertz CT molecular complexity index is 1430. The summed E-state index contributed by atoms with van der Waals surface area (Å²) in [6.45, 7) is 6.92. The van der Waals surface area contributed by atoms with Gasteiger partial charge < -0.3 is 25.6 Å². The van der Waals surface area contributed by atoms with Crippen LogP contribution in [0, 0.1) is 0 Å². The van der Waals surface area contributed by atoms with Gasteiger partial charge in [0.25, 0.3) is 0 Å². The van der Waals surface area contributed by atoms with Crippen LogP contribution in [0.4, 0.5) is 23.0 Å². The fourth-order valence-corrected chi connectivity index (χ4v) is 4.17. The highest BCUT2D eigenvalue weighted by Crippen LogP contribution is 2.38. The molecule has 5 rings (SSSR count). The molecule has 11 nitrogen and oxygen atoms in total. The maximum absolute atomic E-state index is 12.2. The second-order valence-electron chi connectivity index (χ2n) is 8.30. The molecule has 1 saturated heterocycles. The third-order valence-corrected chi connectivity index (χ3v) is 5.99. The molecule has 1 aliphatic rings. The number of anilines is 4. The Kier molecular flexibility index (Phi) is 6.46. The van der Waals surface area contributed by atoms with Crippen molar-refractivity contribution in [2.24, 2.45) is 7.05 Å². The van der Waals surface area contributed by atoms with Crippen LogP contribution in [0.3, 0.4) is 0 Å². The summed E-state index contributed by atoms with van der Waals surface area (Å²) >= 11 is 0. The molecule has 3 N–H and O–H groups in total. The SMILES string of the molecule is C=CC(=O)Nc1cc(Nc2nccc(-c3cnc4c(cnn4C)c3)n2)c(OC)cc1N1CCNCC1. The molecule has 0 saturated carbocycles. The molecule has 3 aromatic heterocycles. The van der Waals surface area contributed by atoms with Crippen molar-refractivity contribution in [3.05, 3.63) is 55.5 Å². The molecule has 4 aromatic rings. The van der Waals surface area contributed by atoms with E-state index in [4.69, 9.17) is 4.74 Å². The van der Waals surface area contributed by atoms with Crippen molar-refractivity contribution in [1.82, 2.24) is 30.0 Å². The minimum absolute atomic E-state index is 0.293. The maximum atomic E-state index is 12.2. The van der Waals surface area contributed by atoms with E-state index in [-0.39, 0.29) is 5.91 Å². The van der Waals surface area contributed by atoms with Crippen LogP contribution in [-0.2, 0) is 11.8 Å². The number of methoxy groups -OCH3 is 1. The third-order valence-electron chi connectivity index (χ3n) is 5.99.